The maximum Gasteiger partial charge on any atom is 0.357 e. The molecule has 0 aromatic heterocycles. The fourth-order valence-corrected chi connectivity index (χ4v) is 3.43. The highest BCUT2D eigenvalue weighted by molar-refractivity contribution is 5.86. The van der Waals surface area contributed by atoms with Crippen LogP contribution in [-0.2, 0) is 9.59 Å². The van der Waals surface area contributed by atoms with Crippen LogP contribution >= 0.6 is 0 Å². The van der Waals surface area contributed by atoms with Crippen LogP contribution in [0.5, 0.6) is 0 Å². The zero-order valence-electron chi connectivity index (χ0n) is 18.0. The molecule has 0 aliphatic rings. The predicted octanol–water partition coefficient (Wildman–Crippen LogP) is 4.49. The van der Waals surface area contributed by atoms with Crippen LogP contribution in [0.4, 0.5) is 0 Å². The molecule has 0 saturated carbocycles. The first kappa shape index (κ1) is 26.9. The first-order valence-electron chi connectivity index (χ1n) is 11.4. The fraction of sp³-hybridized carbons (Fsp3) is 0.909. The number of aliphatic carboxylic acids is 1. The van der Waals surface area contributed by atoms with Crippen molar-refractivity contribution in [3.63, 3.8) is 0 Å². The topological polar surface area (TPSA) is 113 Å². The van der Waals surface area contributed by atoms with Gasteiger partial charge in [0.1, 0.15) is 0 Å². The number of carboxylic acid groups (broad SMARTS) is 1. The molecule has 1 amide bonds. The summed E-state index contributed by atoms with van der Waals surface area (Å²) in [6.07, 6.45) is 19.7. The summed E-state index contributed by atoms with van der Waals surface area (Å²) in [7, 11) is 0. The number of hydrogen-bond donors (Lipinski definition) is 4. The van der Waals surface area contributed by atoms with Crippen LogP contribution in [-0.4, -0.2) is 34.4 Å². The first-order chi connectivity index (χ1) is 13.5. The van der Waals surface area contributed by atoms with Crippen molar-refractivity contribution in [2.45, 2.75) is 122 Å². The quantitative estimate of drug-likeness (QED) is 0.178. The monoisotopic (exact) mass is 400 g/mol. The van der Waals surface area contributed by atoms with E-state index in [2.05, 4.69) is 12.2 Å². The average Bonchev–Trinajstić information content (AvgIpc) is 2.67. The summed E-state index contributed by atoms with van der Waals surface area (Å²) < 4.78 is 0. The average molecular weight is 401 g/mol. The summed E-state index contributed by atoms with van der Waals surface area (Å²) >= 11 is 0. The minimum Gasteiger partial charge on any atom is -0.478 e. The van der Waals surface area contributed by atoms with E-state index in [0.717, 1.165) is 19.3 Å². The Labute approximate surface area is 171 Å². The SMILES string of the molecule is CCCCCCCCCCCCCCCCCCC(O)(NC(=O)CN)C(=O)O. The summed E-state index contributed by atoms with van der Waals surface area (Å²) in [6, 6.07) is 0. The zero-order valence-corrected chi connectivity index (χ0v) is 18.0. The normalized spacial score (nSPS) is 13.2. The van der Waals surface area contributed by atoms with E-state index >= 15 is 0 Å². The van der Waals surface area contributed by atoms with E-state index in [1.165, 1.54) is 77.0 Å². The summed E-state index contributed by atoms with van der Waals surface area (Å²) in [5.74, 6) is -2.10. The van der Waals surface area contributed by atoms with Gasteiger partial charge in [-0.15, -0.1) is 0 Å². The third-order valence-corrected chi connectivity index (χ3v) is 5.28. The highest BCUT2D eigenvalue weighted by Gasteiger charge is 2.36. The van der Waals surface area contributed by atoms with Crippen LogP contribution in [0, 0.1) is 0 Å². The Morgan fingerprint density at radius 3 is 1.43 bits per heavy atom. The molecule has 0 saturated heterocycles. The van der Waals surface area contributed by atoms with Crippen LogP contribution in [0.15, 0.2) is 0 Å². The Hall–Kier alpha value is -1.14. The van der Waals surface area contributed by atoms with Gasteiger partial charge in [0.2, 0.25) is 11.6 Å². The predicted molar refractivity (Wildman–Crippen MR) is 114 cm³/mol. The van der Waals surface area contributed by atoms with E-state index in [4.69, 9.17) is 10.8 Å². The number of aliphatic hydroxyl groups is 1. The largest absolute Gasteiger partial charge is 0.478 e. The van der Waals surface area contributed by atoms with E-state index in [-0.39, 0.29) is 13.0 Å². The number of unbranched alkanes of at least 4 members (excludes halogenated alkanes) is 15. The Balaban J connectivity index is 3.47. The van der Waals surface area contributed by atoms with Gasteiger partial charge in [0.05, 0.1) is 6.54 Å². The van der Waals surface area contributed by atoms with Gasteiger partial charge in [-0.3, -0.25) is 4.79 Å². The van der Waals surface area contributed by atoms with Crippen molar-refractivity contribution in [3.8, 4) is 0 Å². The maximum atomic E-state index is 11.2. The van der Waals surface area contributed by atoms with Crippen molar-refractivity contribution < 1.29 is 19.8 Å². The van der Waals surface area contributed by atoms with Crippen molar-refractivity contribution in [1.29, 1.82) is 0 Å². The zero-order chi connectivity index (χ0) is 21.1. The third-order valence-electron chi connectivity index (χ3n) is 5.28. The van der Waals surface area contributed by atoms with Gasteiger partial charge in [0.25, 0.3) is 0 Å². The minimum absolute atomic E-state index is 0.00647. The lowest BCUT2D eigenvalue weighted by atomic mass is 10.0. The number of hydrogen-bond acceptors (Lipinski definition) is 4. The highest BCUT2D eigenvalue weighted by Crippen LogP contribution is 2.16. The number of carboxylic acids is 1. The number of rotatable bonds is 20. The van der Waals surface area contributed by atoms with Gasteiger partial charge >= 0.3 is 5.97 Å². The van der Waals surface area contributed by atoms with Crippen molar-refractivity contribution in [1.82, 2.24) is 5.32 Å². The summed E-state index contributed by atoms with van der Waals surface area (Å²) in [5, 5.41) is 21.2. The third kappa shape index (κ3) is 14.9. The number of amides is 1. The molecule has 0 aromatic carbocycles. The van der Waals surface area contributed by atoms with Crippen molar-refractivity contribution in [3.05, 3.63) is 0 Å². The molecule has 0 aliphatic heterocycles. The number of nitrogens with one attached hydrogen (secondary N) is 1. The Morgan fingerprint density at radius 1 is 0.750 bits per heavy atom. The summed E-state index contributed by atoms with van der Waals surface area (Å²) in [6.45, 7) is 1.92. The molecule has 0 aliphatic carbocycles. The fourth-order valence-electron chi connectivity index (χ4n) is 3.43. The molecule has 6 nitrogen and oxygen atoms in total. The van der Waals surface area contributed by atoms with Gasteiger partial charge in [-0.25, -0.2) is 4.79 Å². The maximum absolute atomic E-state index is 11.2. The molecule has 1 atom stereocenters. The van der Waals surface area contributed by atoms with Crippen molar-refractivity contribution >= 4 is 11.9 Å². The second-order valence-corrected chi connectivity index (χ2v) is 7.97. The van der Waals surface area contributed by atoms with Crippen LogP contribution in [0.1, 0.15) is 116 Å². The molecular formula is C22H44N2O4. The van der Waals surface area contributed by atoms with E-state index < -0.39 is 17.6 Å². The Bertz CT molecular complexity index is 404. The molecule has 0 heterocycles. The molecule has 166 valence electrons. The second-order valence-electron chi connectivity index (χ2n) is 7.97. The molecule has 0 radical (unpaired) electrons. The van der Waals surface area contributed by atoms with Crippen LogP contribution in [0.25, 0.3) is 0 Å². The molecule has 6 heteroatoms. The van der Waals surface area contributed by atoms with E-state index in [9.17, 15) is 14.7 Å². The van der Waals surface area contributed by atoms with Gasteiger partial charge in [0, 0.05) is 6.42 Å². The Kier molecular flexibility index (Phi) is 17.2. The molecule has 0 aromatic rings. The van der Waals surface area contributed by atoms with Crippen LogP contribution < -0.4 is 11.1 Å². The molecular weight excluding hydrogens is 356 g/mol. The molecule has 0 rings (SSSR count). The summed E-state index contributed by atoms with van der Waals surface area (Å²) in [5.41, 5.74) is 2.95. The molecule has 28 heavy (non-hydrogen) atoms. The number of carbonyl (C=O) groups is 2. The van der Waals surface area contributed by atoms with Gasteiger partial charge in [-0.05, 0) is 6.42 Å². The minimum atomic E-state index is -2.20. The smallest absolute Gasteiger partial charge is 0.357 e. The van der Waals surface area contributed by atoms with Crippen LogP contribution in [0.2, 0.25) is 0 Å². The van der Waals surface area contributed by atoms with E-state index in [0.29, 0.717) is 6.42 Å². The second kappa shape index (κ2) is 17.9. The van der Waals surface area contributed by atoms with Crippen molar-refractivity contribution in [2.24, 2.45) is 5.73 Å². The van der Waals surface area contributed by atoms with Gasteiger partial charge in [-0.1, -0.05) is 103 Å². The first-order valence-corrected chi connectivity index (χ1v) is 11.4. The number of carbonyl (C=O) groups excluding carboxylic acids is 1. The van der Waals surface area contributed by atoms with Gasteiger partial charge in [0.15, 0.2) is 0 Å². The lowest BCUT2D eigenvalue weighted by molar-refractivity contribution is -0.166. The van der Waals surface area contributed by atoms with E-state index in [1.54, 1.807) is 0 Å². The summed E-state index contributed by atoms with van der Waals surface area (Å²) in [4.78, 5) is 22.4. The van der Waals surface area contributed by atoms with Crippen molar-refractivity contribution in [2.75, 3.05) is 6.54 Å². The van der Waals surface area contributed by atoms with Gasteiger partial charge < -0.3 is 21.3 Å². The molecule has 1 unspecified atom stereocenters. The van der Waals surface area contributed by atoms with Crippen LogP contribution in [0.3, 0.4) is 0 Å². The number of nitrogens with two attached hydrogens (primary N) is 1. The highest BCUT2D eigenvalue weighted by atomic mass is 16.4. The lowest BCUT2D eigenvalue weighted by Crippen LogP contribution is -2.55. The lowest BCUT2D eigenvalue weighted by Gasteiger charge is -2.24. The molecule has 0 fully saturated rings. The molecule has 5 N–H and O–H groups in total. The standard InChI is InChI=1S/C22H44N2O4/c1-2-3-4-5-6-7-8-9-10-11-12-13-14-15-16-17-18-22(28,21(26)27)24-20(25)19-23/h28H,2-19,23H2,1H3,(H,24,25)(H,26,27). The van der Waals surface area contributed by atoms with Gasteiger partial charge in [-0.2, -0.15) is 0 Å². The Morgan fingerprint density at radius 2 is 1.11 bits per heavy atom. The van der Waals surface area contributed by atoms with E-state index in [1.807, 2.05) is 0 Å². The molecule has 0 spiro atoms. The molecule has 0 bridgehead atoms.